The van der Waals surface area contributed by atoms with Gasteiger partial charge in [0, 0.05) is 12.5 Å². The lowest BCUT2D eigenvalue weighted by atomic mass is 10.1. The lowest BCUT2D eigenvalue weighted by molar-refractivity contribution is -0.122. The van der Waals surface area contributed by atoms with Crippen molar-refractivity contribution in [3.05, 3.63) is 0 Å². The van der Waals surface area contributed by atoms with E-state index in [0.29, 0.717) is 18.9 Å². The molecule has 78 valence electrons. The van der Waals surface area contributed by atoms with Gasteiger partial charge in [-0.05, 0) is 25.8 Å². The minimum Gasteiger partial charge on any atom is -0.394 e. The second-order valence-electron chi connectivity index (χ2n) is 3.53. The van der Waals surface area contributed by atoms with Gasteiger partial charge in [-0.1, -0.05) is 6.92 Å². The van der Waals surface area contributed by atoms with Gasteiger partial charge in [-0.25, -0.2) is 0 Å². The van der Waals surface area contributed by atoms with Crippen LogP contribution in [-0.2, 0) is 4.79 Å². The average Bonchev–Trinajstić information content (AvgIpc) is 2.13. The fraction of sp³-hybridized carbons (Fsp3) is 0.889. The normalized spacial score (nSPS) is 15.1. The molecule has 0 aromatic heterocycles. The molecule has 0 rings (SSSR count). The van der Waals surface area contributed by atoms with Gasteiger partial charge in [0.05, 0.1) is 6.61 Å². The first-order valence-corrected chi connectivity index (χ1v) is 4.70. The number of aliphatic hydroxyl groups excluding tert-OH is 1. The molecule has 0 aromatic rings. The molecule has 0 aliphatic carbocycles. The number of nitrogens with two attached hydrogens (primary N) is 1. The van der Waals surface area contributed by atoms with Crippen LogP contribution in [-0.4, -0.2) is 30.2 Å². The molecule has 0 bridgehead atoms. The summed E-state index contributed by atoms with van der Waals surface area (Å²) in [4.78, 5) is 11.2. The topological polar surface area (TPSA) is 75.4 Å². The van der Waals surface area contributed by atoms with E-state index in [2.05, 4.69) is 5.32 Å². The molecular weight excluding hydrogens is 168 g/mol. The quantitative estimate of drug-likeness (QED) is 0.543. The van der Waals surface area contributed by atoms with Crippen molar-refractivity contribution in [2.24, 2.45) is 11.7 Å². The van der Waals surface area contributed by atoms with E-state index in [-0.39, 0.29) is 18.6 Å². The molecule has 0 aliphatic rings. The van der Waals surface area contributed by atoms with Crippen LogP contribution in [0.25, 0.3) is 0 Å². The molecule has 0 fully saturated rings. The summed E-state index contributed by atoms with van der Waals surface area (Å²) in [5, 5.41) is 11.4. The van der Waals surface area contributed by atoms with Crippen molar-refractivity contribution < 1.29 is 9.90 Å². The van der Waals surface area contributed by atoms with E-state index >= 15 is 0 Å². The molecule has 0 spiro atoms. The Balaban J connectivity index is 3.51. The first-order chi connectivity index (χ1) is 6.10. The maximum Gasteiger partial charge on any atom is 0.220 e. The average molecular weight is 188 g/mol. The highest BCUT2D eigenvalue weighted by Crippen LogP contribution is 2.02. The van der Waals surface area contributed by atoms with Crippen molar-refractivity contribution in [3.8, 4) is 0 Å². The van der Waals surface area contributed by atoms with Crippen LogP contribution in [0.2, 0.25) is 0 Å². The molecule has 1 amide bonds. The monoisotopic (exact) mass is 188 g/mol. The zero-order chi connectivity index (χ0) is 10.3. The molecule has 1 unspecified atom stereocenters. The van der Waals surface area contributed by atoms with Gasteiger partial charge in [-0.2, -0.15) is 0 Å². The van der Waals surface area contributed by atoms with Gasteiger partial charge >= 0.3 is 0 Å². The van der Waals surface area contributed by atoms with Crippen molar-refractivity contribution >= 4 is 5.91 Å². The fourth-order valence-electron chi connectivity index (χ4n) is 0.888. The molecule has 4 heteroatoms. The van der Waals surface area contributed by atoms with Crippen molar-refractivity contribution in [1.82, 2.24) is 5.32 Å². The molecule has 0 heterocycles. The molecule has 0 saturated carbocycles. The Kier molecular flexibility index (Phi) is 6.54. The van der Waals surface area contributed by atoms with Gasteiger partial charge in [0.2, 0.25) is 5.91 Å². The van der Waals surface area contributed by atoms with Crippen LogP contribution in [0, 0.1) is 5.92 Å². The van der Waals surface area contributed by atoms with Gasteiger partial charge in [0.15, 0.2) is 0 Å². The third kappa shape index (κ3) is 6.54. The van der Waals surface area contributed by atoms with Crippen molar-refractivity contribution in [2.45, 2.75) is 32.7 Å². The summed E-state index contributed by atoms with van der Waals surface area (Å²) in [5.41, 5.74) is 5.41. The van der Waals surface area contributed by atoms with E-state index in [0.717, 1.165) is 6.42 Å². The van der Waals surface area contributed by atoms with Crippen molar-refractivity contribution in [2.75, 3.05) is 13.2 Å². The summed E-state index contributed by atoms with van der Waals surface area (Å²) in [6.45, 7) is 4.38. The standard InChI is InChI=1S/C9H20N2O2/c1-7(5-10)3-4-9(13)11-8(2)6-12/h7-8,12H,3-6,10H2,1-2H3,(H,11,13)/t7?,8-/m1/s1. The molecule has 4 N–H and O–H groups in total. The first-order valence-electron chi connectivity index (χ1n) is 4.70. The Labute approximate surface area is 79.5 Å². The number of carbonyl (C=O) groups is 1. The van der Waals surface area contributed by atoms with Crippen LogP contribution in [0.1, 0.15) is 26.7 Å². The molecule has 0 aromatic carbocycles. The van der Waals surface area contributed by atoms with E-state index in [4.69, 9.17) is 10.8 Å². The van der Waals surface area contributed by atoms with Crippen molar-refractivity contribution in [3.63, 3.8) is 0 Å². The molecular formula is C9H20N2O2. The predicted octanol–water partition coefficient (Wildman–Crippen LogP) is -0.142. The highest BCUT2D eigenvalue weighted by Gasteiger charge is 2.07. The number of hydrogen-bond acceptors (Lipinski definition) is 3. The fourth-order valence-corrected chi connectivity index (χ4v) is 0.888. The third-order valence-corrected chi connectivity index (χ3v) is 1.95. The first kappa shape index (κ1) is 12.4. The summed E-state index contributed by atoms with van der Waals surface area (Å²) < 4.78 is 0. The molecule has 4 nitrogen and oxygen atoms in total. The molecule has 0 saturated heterocycles. The summed E-state index contributed by atoms with van der Waals surface area (Å²) >= 11 is 0. The van der Waals surface area contributed by atoms with Gasteiger partial charge in [0.25, 0.3) is 0 Å². The van der Waals surface area contributed by atoms with Crippen molar-refractivity contribution in [1.29, 1.82) is 0 Å². The largest absolute Gasteiger partial charge is 0.394 e. The van der Waals surface area contributed by atoms with Crippen LogP contribution < -0.4 is 11.1 Å². The number of aliphatic hydroxyl groups is 1. The van der Waals surface area contributed by atoms with Gasteiger partial charge in [0.1, 0.15) is 0 Å². The molecule has 13 heavy (non-hydrogen) atoms. The maximum atomic E-state index is 11.2. The van der Waals surface area contributed by atoms with Gasteiger partial charge < -0.3 is 16.2 Å². The van der Waals surface area contributed by atoms with Gasteiger partial charge in [-0.15, -0.1) is 0 Å². The van der Waals surface area contributed by atoms with E-state index in [1.165, 1.54) is 0 Å². The smallest absolute Gasteiger partial charge is 0.220 e. The number of rotatable bonds is 6. The van der Waals surface area contributed by atoms with Crippen LogP contribution in [0.5, 0.6) is 0 Å². The molecule has 0 radical (unpaired) electrons. The van der Waals surface area contributed by atoms with E-state index < -0.39 is 0 Å². The number of amides is 1. The van der Waals surface area contributed by atoms with Crippen LogP contribution in [0.3, 0.4) is 0 Å². The van der Waals surface area contributed by atoms with Crippen LogP contribution >= 0.6 is 0 Å². The second-order valence-corrected chi connectivity index (χ2v) is 3.53. The van der Waals surface area contributed by atoms with Crippen LogP contribution in [0.4, 0.5) is 0 Å². The Hall–Kier alpha value is -0.610. The molecule has 0 aliphatic heterocycles. The third-order valence-electron chi connectivity index (χ3n) is 1.95. The van der Waals surface area contributed by atoms with Crippen LogP contribution in [0.15, 0.2) is 0 Å². The number of hydrogen-bond donors (Lipinski definition) is 3. The minimum absolute atomic E-state index is 0.0122. The predicted molar refractivity (Wildman–Crippen MR) is 52.1 cm³/mol. The minimum atomic E-state index is -0.152. The Morgan fingerprint density at radius 3 is 2.62 bits per heavy atom. The maximum absolute atomic E-state index is 11.2. The van der Waals surface area contributed by atoms with E-state index in [1.807, 2.05) is 6.92 Å². The zero-order valence-corrected chi connectivity index (χ0v) is 8.42. The number of nitrogens with one attached hydrogen (secondary N) is 1. The Bertz CT molecular complexity index is 151. The lowest BCUT2D eigenvalue weighted by Crippen LogP contribution is -2.35. The highest BCUT2D eigenvalue weighted by molar-refractivity contribution is 5.76. The summed E-state index contributed by atoms with van der Waals surface area (Å²) in [7, 11) is 0. The number of carbonyl (C=O) groups excluding carboxylic acids is 1. The highest BCUT2D eigenvalue weighted by atomic mass is 16.3. The second kappa shape index (κ2) is 6.86. The van der Waals surface area contributed by atoms with E-state index in [9.17, 15) is 4.79 Å². The Morgan fingerprint density at radius 2 is 2.15 bits per heavy atom. The molecule has 2 atom stereocenters. The van der Waals surface area contributed by atoms with Gasteiger partial charge in [-0.3, -0.25) is 4.79 Å². The van der Waals surface area contributed by atoms with E-state index in [1.54, 1.807) is 6.92 Å². The zero-order valence-electron chi connectivity index (χ0n) is 8.42. The summed E-state index contributed by atoms with van der Waals surface area (Å²) in [6.07, 6.45) is 1.29. The summed E-state index contributed by atoms with van der Waals surface area (Å²) in [5.74, 6) is 0.372. The summed E-state index contributed by atoms with van der Waals surface area (Å²) in [6, 6.07) is -0.152. The lowest BCUT2D eigenvalue weighted by Gasteiger charge is -2.12. The SMILES string of the molecule is CC(CN)CCC(=O)N[C@H](C)CO. The Morgan fingerprint density at radius 1 is 1.54 bits per heavy atom.